The number of allylic oxidation sites excluding steroid dienone is 1. The van der Waals surface area contributed by atoms with Crippen LogP contribution in [0.1, 0.15) is 24.8 Å². The Bertz CT molecular complexity index is 474. The van der Waals surface area contributed by atoms with E-state index < -0.39 is 0 Å². The number of hydrogen-bond acceptors (Lipinski definition) is 3. The minimum absolute atomic E-state index is 0.170. The molecular formula is C13H15BrN2O2. The van der Waals surface area contributed by atoms with E-state index in [1.165, 1.54) is 0 Å². The maximum atomic E-state index is 11.0. The van der Waals surface area contributed by atoms with Gasteiger partial charge in [-0.15, -0.1) is 0 Å². The van der Waals surface area contributed by atoms with Crippen molar-refractivity contribution < 1.29 is 4.92 Å². The van der Waals surface area contributed by atoms with Crippen LogP contribution >= 0.6 is 15.9 Å². The molecule has 0 bridgehead atoms. The van der Waals surface area contributed by atoms with Gasteiger partial charge in [0.25, 0.3) is 5.69 Å². The van der Waals surface area contributed by atoms with Crippen LogP contribution in [-0.4, -0.2) is 11.0 Å². The third-order valence-electron chi connectivity index (χ3n) is 3.09. The predicted molar refractivity (Wildman–Crippen MR) is 74.4 cm³/mol. The minimum atomic E-state index is -0.331. The van der Waals surface area contributed by atoms with Crippen molar-refractivity contribution in [2.75, 3.05) is 0 Å². The summed E-state index contributed by atoms with van der Waals surface area (Å²) in [4.78, 5) is 10.6. The lowest BCUT2D eigenvalue weighted by atomic mass is 10.0. The first kappa shape index (κ1) is 13.2. The van der Waals surface area contributed by atoms with Crippen molar-refractivity contribution in [1.29, 1.82) is 0 Å². The third kappa shape index (κ3) is 3.40. The molecule has 1 unspecified atom stereocenters. The first-order valence-electron chi connectivity index (χ1n) is 5.98. The van der Waals surface area contributed by atoms with Gasteiger partial charge in [-0.1, -0.05) is 28.1 Å². The fraction of sp³-hybridized carbons (Fsp3) is 0.385. The van der Waals surface area contributed by atoms with Gasteiger partial charge in [0.2, 0.25) is 0 Å². The Morgan fingerprint density at radius 3 is 2.94 bits per heavy atom. The molecule has 0 spiro atoms. The number of rotatable bonds is 4. The second-order valence-electron chi connectivity index (χ2n) is 4.39. The van der Waals surface area contributed by atoms with Crippen LogP contribution < -0.4 is 5.32 Å². The van der Waals surface area contributed by atoms with Gasteiger partial charge in [-0.3, -0.25) is 10.1 Å². The fourth-order valence-electron chi connectivity index (χ4n) is 2.09. The van der Waals surface area contributed by atoms with Gasteiger partial charge in [-0.25, -0.2) is 0 Å². The Morgan fingerprint density at radius 2 is 2.28 bits per heavy atom. The molecule has 1 aliphatic rings. The number of nitrogens with zero attached hydrogens (tertiary/aromatic N) is 1. The maximum absolute atomic E-state index is 11.0. The first-order valence-corrected chi connectivity index (χ1v) is 6.77. The second kappa shape index (κ2) is 6.11. The van der Waals surface area contributed by atoms with E-state index in [1.807, 2.05) is 6.07 Å². The molecule has 0 saturated heterocycles. The van der Waals surface area contributed by atoms with E-state index in [0.29, 0.717) is 12.6 Å². The lowest BCUT2D eigenvalue weighted by Crippen LogP contribution is -2.29. The lowest BCUT2D eigenvalue weighted by molar-refractivity contribution is -0.385. The molecule has 0 aliphatic heterocycles. The molecule has 18 heavy (non-hydrogen) atoms. The number of nitro benzene ring substituents is 1. The average Bonchev–Trinajstić information content (AvgIpc) is 2.38. The van der Waals surface area contributed by atoms with E-state index in [1.54, 1.807) is 12.1 Å². The summed E-state index contributed by atoms with van der Waals surface area (Å²) in [6.45, 7) is 0.544. The fourth-order valence-corrected chi connectivity index (χ4v) is 2.44. The quantitative estimate of drug-likeness (QED) is 0.525. The maximum Gasteiger partial charge on any atom is 0.275 e. The number of nitrogens with one attached hydrogen (secondary N) is 1. The summed E-state index contributed by atoms with van der Waals surface area (Å²) in [7, 11) is 0. The summed E-state index contributed by atoms with van der Waals surface area (Å²) < 4.78 is 0.735. The minimum Gasteiger partial charge on any atom is -0.309 e. The largest absolute Gasteiger partial charge is 0.309 e. The van der Waals surface area contributed by atoms with E-state index in [-0.39, 0.29) is 10.6 Å². The van der Waals surface area contributed by atoms with Crippen LogP contribution in [0.15, 0.2) is 34.8 Å². The van der Waals surface area contributed by atoms with Gasteiger partial charge >= 0.3 is 0 Å². The first-order chi connectivity index (χ1) is 8.66. The van der Waals surface area contributed by atoms with E-state index in [0.717, 1.165) is 29.3 Å². The van der Waals surface area contributed by atoms with Gasteiger partial charge in [0, 0.05) is 28.7 Å². The van der Waals surface area contributed by atoms with Crippen molar-refractivity contribution in [2.45, 2.75) is 31.8 Å². The highest BCUT2D eigenvalue weighted by molar-refractivity contribution is 9.10. The Kier molecular flexibility index (Phi) is 4.49. The smallest absolute Gasteiger partial charge is 0.275 e. The standard InChI is InChI=1S/C13H15BrN2O2/c14-11-7-6-10(13(8-11)16(17)18)9-15-12-4-2-1-3-5-12/h1-2,6-8,12,15H,3-5,9H2. The SMILES string of the molecule is O=[N+]([O-])c1cc(Br)ccc1CNC1CC=CCC1. The summed E-state index contributed by atoms with van der Waals surface area (Å²) in [5.41, 5.74) is 0.904. The zero-order valence-corrected chi connectivity index (χ0v) is 11.5. The van der Waals surface area contributed by atoms with E-state index >= 15 is 0 Å². The van der Waals surface area contributed by atoms with E-state index in [4.69, 9.17) is 0 Å². The van der Waals surface area contributed by atoms with Crippen LogP contribution in [0.4, 0.5) is 5.69 Å². The van der Waals surface area contributed by atoms with Gasteiger partial charge in [-0.05, 0) is 31.4 Å². The molecule has 0 fully saturated rings. The van der Waals surface area contributed by atoms with Gasteiger partial charge < -0.3 is 5.32 Å². The van der Waals surface area contributed by atoms with E-state index in [9.17, 15) is 10.1 Å². The van der Waals surface area contributed by atoms with Crippen molar-refractivity contribution in [1.82, 2.24) is 5.32 Å². The number of hydrogen-bond donors (Lipinski definition) is 1. The molecule has 4 nitrogen and oxygen atoms in total. The van der Waals surface area contributed by atoms with Crippen molar-refractivity contribution in [3.8, 4) is 0 Å². The molecule has 1 aliphatic carbocycles. The van der Waals surface area contributed by atoms with Gasteiger partial charge in [0.05, 0.1) is 4.92 Å². The molecule has 0 heterocycles. The zero-order chi connectivity index (χ0) is 13.0. The molecule has 1 N–H and O–H groups in total. The molecule has 1 aromatic rings. The van der Waals surface area contributed by atoms with Crippen LogP contribution in [0.25, 0.3) is 0 Å². The number of halogens is 1. The Hall–Kier alpha value is -1.20. The van der Waals surface area contributed by atoms with Crippen LogP contribution in [0.2, 0.25) is 0 Å². The van der Waals surface area contributed by atoms with Gasteiger partial charge in [-0.2, -0.15) is 0 Å². The highest BCUT2D eigenvalue weighted by Crippen LogP contribution is 2.24. The van der Waals surface area contributed by atoms with Crippen molar-refractivity contribution >= 4 is 21.6 Å². The Morgan fingerprint density at radius 1 is 1.44 bits per heavy atom. The van der Waals surface area contributed by atoms with E-state index in [2.05, 4.69) is 33.4 Å². The molecule has 1 atom stereocenters. The van der Waals surface area contributed by atoms with Crippen molar-refractivity contribution in [3.63, 3.8) is 0 Å². The van der Waals surface area contributed by atoms with Crippen molar-refractivity contribution in [3.05, 3.63) is 50.5 Å². The normalized spacial score (nSPS) is 18.8. The monoisotopic (exact) mass is 310 g/mol. The summed E-state index contributed by atoms with van der Waals surface area (Å²) in [6.07, 6.45) is 7.53. The predicted octanol–water partition coefficient (Wildman–Crippen LogP) is 3.56. The number of nitro groups is 1. The highest BCUT2D eigenvalue weighted by atomic mass is 79.9. The van der Waals surface area contributed by atoms with Crippen LogP contribution in [0.5, 0.6) is 0 Å². The molecule has 2 rings (SSSR count). The third-order valence-corrected chi connectivity index (χ3v) is 3.59. The lowest BCUT2D eigenvalue weighted by Gasteiger charge is -2.19. The molecule has 0 saturated carbocycles. The molecule has 0 radical (unpaired) electrons. The molecular weight excluding hydrogens is 296 g/mol. The number of benzene rings is 1. The van der Waals surface area contributed by atoms with Crippen molar-refractivity contribution in [2.24, 2.45) is 0 Å². The summed E-state index contributed by atoms with van der Waals surface area (Å²) in [6, 6.07) is 5.62. The topological polar surface area (TPSA) is 55.2 Å². The van der Waals surface area contributed by atoms with Crippen LogP contribution in [-0.2, 0) is 6.54 Å². The van der Waals surface area contributed by atoms with Crippen LogP contribution in [0.3, 0.4) is 0 Å². The molecule has 0 aromatic heterocycles. The zero-order valence-electron chi connectivity index (χ0n) is 9.93. The molecule has 96 valence electrons. The summed E-state index contributed by atoms with van der Waals surface area (Å²) >= 11 is 3.26. The molecule has 1 aromatic carbocycles. The van der Waals surface area contributed by atoms with Crippen LogP contribution in [0, 0.1) is 10.1 Å². The second-order valence-corrected chi connectivity index (χ2v) is 5.31. The van der Waals surface area contributed by atoms with Gasteiger partial charge in [0.15, 0.2) is 0 Å². The molecule has 5 heteroatoms. The molecule has 0 amide bonds. The summed E-state index contributed by atoms with van der Waals surface area (Å²) in [5, 5.41) is 14.4. The Balaban J connectivity index is 2.04. The summed E-state index contributed by atoms with van der Waals surface area (Å²) in [5.74, 6) is 0. The average molecular weight is 311 g/mol. The highest BCUT2D eigenvalue weighted by Gasteiger charge is 2.15. The Labute approximate surface area is 114 Å². The van der Waals surface area contributed by atoms with Gasteiger partial charge in [0.1, 0.15) is 0 Å².